The van der Waals surface area contributed by atoms with Gasteiger partial charge >= 0.3 is 12.2 Å². The highest BCUT2D eigenvalue weighted by molar-refractivity contribution is 8.13. The molecule has 0 N–H and O–H groups in total. The molecule has 0 atom stereocenters. The molecule has 0 bridgehead atoms. The Bertz CT molecular complexity index is 630. The molecule has 12 heteroatoms. The van der Waals surface area contributed by atoms with Crippen LogP contribution in [0.15, 0.2) is 11.1 Å². The molecule has 0 radical (unpaired) electrons. The van der Waals surface area contributed by atoms with Crippen LogP contribution in [-0.4, -0.2) is 24.7 Å². The molecule has 0 saturated carbocycles. The van der Waals surface area contributed by atoms with Gasteiger partial charge in [0, 0.05) is 16.2 Å². The lowest BCUT2D eigenvalue weighted by Gasteiger charge is -2.12. The molecule has 1 rings (SSSR count). The van der Waals surface area contributed by atoms with Gasteiger partial charge in [-0.2, -0.15) is 0 Å². The molecule has 0 saturated heterocycles. The third-order valence-corrected chi connectivity index (χ3v) is 3.24. The van der Waals surface area contributed by atoms with E-state index < -0.39 is 36.8 Å². The van der Waals surface area contributed by atoms with Crippen molar-refractivity contribution in [1.82, 2.24) is 4.98 Å². The fourth-order valence-corrected chi connectivity index (χ4v) is 2.56. The van der Waals surface area contributed by atoms with E-state index in [4.69, 9.17) is 10.7 Å². The minimum Gasteiger partial charge on any atom is -0.395 e. The van der Waals surface area contributed by atoms with Crippen LogP contribution in [0, 0.1) is 17.0 Å². The number of aryl methyl sites for hydroxylation is 1. The standard InChI is InChI=1S/C7H4ClF3N2O5S/c1-3-2-12-6(13(14)15)4(18-7(9,10)11)5(3)19(8,16)17/h2H,1H3. The predicted molar refractivity (Wildman–Crippen MR) is 55.4 cm³/mol. The summed E-state index contributed by atoms with van der Waals surface area (Å²) in [6.45, 7) is 1.06. The van der Waals surface area contributed by atoms with Crippen LogP contribution < -0.4 is 4.74 Å². The Morgan fingerprint density at radius 2 is 2.00 bits per heavy atom. The quantitative estimate of drug-likeness (QED) is 0.480. The highest BCUT2D eigenvalue weighted by Crippen LogP contribution is 2.39. The number of pyridine rings is 1. The maximum Gasteiger partial charge on any atom is 0.573 e. The summed E-state index contributed by atoms with van der Waals surface area (Å²) in [5.74, 6) is -2.96. The SMILES string of the molecule is Cc1cnc([N+](=O)[O-])c(OC(F)(F)F)c1S(=O)(=O)Cl. The Balaban J connectivity index is 3.70. The second-order valence-corrected chi connectivity index (χ2v) is 5.67. The lowest BCUT2D eigenvalue weighted by molar-refractivity contribution is -0.393. The normalized spacial score (nSPS) is 12.3. The molecule has 1 heterocycles. The van der Waals surface area contributed by atoms with Gasteiger partial charge in [0.05, 0.1) is 0 Å². The summed E-state index contributed by atoms with van der Waals surface area (Å²) in [6.07, 6.45) is -4.63. The highest BCUT2D eigenvalue weighted by Gasteiger charge is 2.40. The Hall–Kier alpha value is -1.62. The highest BCUT2D eigenvalue weighted by atomic mass is 35.7. The summed E-state index contributed by atoms with van der Waals surface area (Å²) < 4.78 is 62.3. The monoisotopic (exact) mass is 320 g/mol. The number of halogens is 4. The topological polar surface area (TPSA) is 99.4 Å². The van der Waals surface area contributed by atoms with Gasteiger partial charge in [-0.15, -0.1) is 13.2 Å². The molecule has 0 aliphatic rings. The third kappa shape index (κ3) is 3.67. The predicted octanol–water partition coefficient (Wildman–Crippen LogP) is 2.12. The minimum absolute atomic E-state index is 0.320. The second-order valence-electron chi connectivity index (χ2n) is 3.17. The van der Waals surface area contributed by atoms with E-state index >= 15 is 0 Å². The van der Waals surface area contributed by atoms with Gasteiger partial charge in [-0.3, -0.25) is 0 Å². The van der Waals surface area contributed by atoms with Gasteiger partial charge in [0.1, 0.15) is 11.1 Å². The summed E-state index contributed by atoms with van der Waals surface area (Å²) in [5.41, 5.74) is -0.320. The van der Waals surface area contributed by atoms with Crippen LogP contribution in [-0.2, 0) is 9.05 Å². The first-order chi connectivity index (χ1) is 8.43. The summed E-state index contributed by atoms with van der Waals surface area (Å²) in [7, 11) is 0.259. The van der Waals surface area contributed by atoms with Crippen LogP contribution in [0.4, 0.5) is 19.0 Å². The molecule has 19 heavy (non-hydrogen) atoms. The van der Waals surface area contributed by atoms with Crippen LogP contribution in [0.5, 0.6) is 5.75 Å². The first kappa shape index (κ1) is 15.4. The maximum absolute atomic E-state index is 12.2. The molecule has 0 amide bonds. The van der Waals surface area contributed by atoms with Crippen LogP contribution >= 0.6 is 10.7 Å². The molecule has 0 spiro atoms. The van der Waals surface area contributed by atoms with Crippen molar-refractivity contribution in [3.8, 4) is 5.75 Å². The van der Waals surface area contributed by atoms with Crippen molar-refractivity contribution in [3.05, 3.63) is 21.9 Å². The number of aromatic nitrogens is 1. The molecule has 0 aromatic carbocycles. The maximum atomic E-state index is 12.2. The van der Waals surface area contributed by atoms with Gasteiger partial charge in [0.15, 0.2) is 0 Å². The molecule has 1 aromatic rings. The summed E-state index contributed by atoms with van der Waals surface area (Å²) in [6, 6.07) is 0. The number of nitrogens with zero attached hydrogens (tertiary/aromatic N) is 2. The number of rotatable bonds is 3. The van der Waals surface area contributed by atoms with Crippen LogP contribution in [0.1, 0.15) is 5.56 Å². The van der Waals surface area contributed by atoms with Gasteiger partial charge in [0.25, 0.3) is 9.05 Å². The van der Waals surface area contributed by atoms with Gasteiger partial charge in [-0.05, 0) is 16.8 Å². The summed E-state index contributed by atoms with van der Waals surface area (Å²) in [4.78, 5) is 11.2. The van der Waals surface area contributed by atoms with E-state index in [0.717, 1.165) is 6.92 Å². The smallest absolute Gasteiger partial charge is 0.395 e. The zero-order chi connectivity index (χ0) is 15.0. The lowest BCUT2D eigenvalue weighted by Crippen LogP contribution is -2.20. The van der Waals surface area contributed by atoms with E-state index in [2.05, 4.69) is 9.72 Å². The zero-order valence-electron chi connectivity index (χ0n) is 8.93. The Morgan fingerprint density at radius 1 is 1.47 bits per heavy atom. The van der Waals surface area contributed by atoms with Crippen molar-refractivity contribution in [2.24, 2.45) is 0 Å². The first-order valence-electron chi connectivity index (χ1n) is 4.28. The number of alkyl halides is 3. The molecule has 0 aliphatic carbocycles. The minimum atomic E-state index is -5.34. The molecular formula is C7H4ClF3N2O5S. The van der Waals surface area contributed by atoms with E-state index in [0.29, 0.717) is 6.20 Å². The van der Waals surface area contributed by atoms with Crippen molar-refractivity contribution in [1.29, 1.82) is 0 Å². The molecular weight excluding hydrogens is 317 g/mol. The average Bonchev–Trinajstić information content (AvgIpc) is 2.11. The van der Waals surface area contributed by atoms with Crippen LogP contribution in [0.3, 0.4) is 0 Å². The van der Waals surface area contributed by atoms with E-state index in [1.165, 1.54) is 0 Å². The number of nitro groups is 1. The van der Waals surface area contributed by atoms with Gasteiger partial charge in [-0.1, -0.05) is 0 Å². The van der Waals surface area contributed by atoms with Gasteiger partial charge in [0.2, 0.25) is 5.75 Å². The van der Waals surface area contributed by atoms with Crippen LogP contribution in [0.25, 0.3) is 0 Å². The molecule has 7 nitrogen and oxygen atoms in total. The Labute approximate surface area is 108 Å². The number of hydrogen-bond acceptors (Lipinski definition) is 6. The molecule has 0 unspecified atom stereocenters. The largest absolute Gasteiger partial charge is 0.573 e. The molecule has 0 aliphatic heterocycles. The molecule has 1 aromatic heterocycles. The molecule has 0 fully saturated rings. The molecule has 106 valence electrons. The second kappa shape index (κ2) is 4.81. The Kier molecular flexibility index (Phi) is 3.91. The van der Waals surface area contributed by atoms with Gasteiger partial charge in [-0.25, -0.2) is 8.42 Å². The zero-order valence-corrected chi connectivity index (χ0v) is 10.5. The lowest BCUT2D eigenvalue weighted by atomic mass is 10.3. The van der Waals surface area contributed by atoms with E-state index in [-0.39, 0.29) is 5.56 Å². The van der Waals surface area contributed by atoms with Crippen molar-refractivity contribution in [2.45, 2.75) is 18.2 Å². The summed E-state index contributed by atoms with van der Waals surface area (Å²) in [5, 5.41) is 10.6. The third-order valence-electron chi connectivity index (χ3n) is 1.78. The van der Waals surface area contributed by atoms with E-state index in [1.54, 1.807) is 0 Å². The summed E-state index contributed by atoms with van der Waals surface area (Å²) >= 11 is 0. The van der Waals surface area contributed by atoms with Crippen molar-refractivity contribution < 1.29 is 31.2 Å². The van der Waals surface area contributed by atoms with Crippen molar-refractivity contribution in [3.63, 3.8) is 0 Å². The first-order valence-corrected chi connectivity index (χ1v) is 6.59. The Morgan fingerprint density at radius 3 is 2.37 bits per heavy atom. The fourth-order valence-electron chi connectivity index (χ4n) is 1.20. The van der Waals surface area contributed by atoms with Crippen LogP contribution in [0.2, 0.25) is 0 Å². The number of hydrogen-bond donors (Lipinski definition) is 0. The average molecular weight is 321 g/mol. The van der Waals surface area contributed by atoms with E-state index in [9.17, 15) is 31.7 Å². The van der Waals surface area contributed by atoms with Crippen molar-refractivity contribution >= 4 is 25.6 Å². The number of ether oxygens (including phenoxy) is 1. The van der Waals surface area contributed by atoms with Gasteiger partial charge < -0.3 is 14.9 Å². The van der Waals surface area contributed by atoms with E-state index in [1.807, 2.05) is 0 Å². The fraction of sp³-hybridized carbons (Fsp3) is 0.286. The van der Waals surface area contributed by atoms with Crippen molar-refractivity contribution in [2.75, 3.05) is 0 Å².